The van der Waals surface area contributed by atoms with Crippen molar-refractivity contribution in [2.75, 3.05) is 20.3 Å². The summed E-state index contributed by atoms with van der Waals surface area (Å²) in [6.07, 6.45) is -0.856. The Morgan fingerprint density at radius 1 is 1.17 bits per heavy atom. The van der Waals surface area contributed by atoms with Crippen LogP contribution < -0.4 is 14.8 Å². The lowest BCUT2D eigenvalue weighted by molar-refractivity contribution is -0.128. The average Bonchev–Trinajstić information content (AvgIpc) is 2.52. The Labute approximate surface area is 137 Å². The van der Waals surface area contributed by atoms with E-state index in [9.17, 15) is 9.59 Å². The number of carbonyl (C=O) groups excluding carboxylic acids is 2. The third kappa shape index (κ3) is 5.81. The minimum Gasteiger partial charge on any atom is -0.493 e. The minimum atomic E-state index is -0.856. The van der Waals surface area contributed by atoms with Gasteiger partial charge in [-0.2, -0.15) is 0 Å². The van der Waals surface area contributed by atoms with Crippen molar-refractivity contribution in [3.05, 3.63) is 23.8 Å². The van der Waals surface area contributed by atoms with E-state index < -0.39 is 12.1 Å². The number of ether oxygens (including phenoxy) is 3. The quantitative estimate of drug-likeness (QED) is 0.744. The molecule has 0 unspecified atom stereocenters. The molecule has 1 amide bonds. The summed E-state index contributed by atoms with van der Waals surface area (Å²) >= 11 is 0. The number of rotatable bonds is 8. The van der Waals surface area contributed by atoms with Gasteiger partial charge in [0.2, 0.25) is 0 Å². The first-order chi connectivity index (χ1) is 10.9. The fourth-order valence-corrected chi connectivity index (χ4v) is 1.77. The van der Waals surface area contributed by atoms with Crippen LogP contribution in [0.25, 0.3) is 0 Å². The zero-order valence-corrected chi connectivity index (χ0v) is 14.3. The molecule has 1 aromatic carbocycles. The number of nitrogens with one attached hydrogen (secondary N) is 1. The van der Waals surface area contributed by atoms with Crippen molar-refractivity contribution < 1.29 is 23.8 Å². The zero-order chi connectivity index (χ0) is 17.4. The van der Waals surface area contributed by atoms with Gasteiger partial charge >= 0.3 is 5.97 Å². The van der Waals surface area contributed by atoms with Gasteiger partial charge in [0.15, 0.2) is 17.6 Å². The summed E-state index contributed by atoms with van der Waals surface area (Å²) in [5.41, 5.74) is 0.301. The highest BCUT2D eigenvalue weighted by atomic mass is 16.5. The van der Waals surface area contributed by atoms with Crippen LogP contribution >= 0.6 is 0 Å². The molecular weight excluding hydrogens is 298 g/mol. The summed E-state index contributed by atoms with van der Waals surface area (Å²) in [7, 11) is 1.50. The Hall–Kier alpha value is -2.24. The first kappa shape index (κ1) is 18.8. The number of amides is 1. The van der Waals surface area contributed by atoms with Gasteiger partial charge < -0.3 is 19.5 Å². The van der Waals surface area contributed by atoms with Crippen LogP contribution in [0.15, 0.2) is 18.2 Å². The summed E-state index contributed by atoms with van der Waals surface area (Å²) in [5, 5.41) is 2.60. The van der Waals surface area contributed by atoms with E-state index in [1.54, 1.807) is 25.1 Å². The summed E-state index contributed by atoms with van der Waals surface area (Å²) in [6, 6.07) is 4.79. The first-order valence-electron chi connectivity index (χ1n) is 7.68. The van der Waals surface area contributed by atoms with Gasteiger partial charge in [0.25, 0.3) is 5.91 Å². The fourth-order valence-electron chi connectivity index (χ4n) is 1.77. The highest BCUT2D eigenvalue weighted by Gasteiger charge is 2.19. The van der Waals surface area contributed by atoms with E-state index in [4.69, 9.17) is 14.2 Å². The molecular formula is C17H25NO5. The van der Waals surface area contributed by atoms with Crippen LogP contribution in [-0.4, -0.2) is 38.2 Å². The Morgan fingerprint density at radius 2 is 1.87 bits per heavy atom. The van der Waals surface area contributed by atoms with E-state index in [1.807, 2.05) is 13.8 Å². The van der Waals surface area contributed by atoms with E-state index >= 15 is 0 Å². The molecule has 0 fully saturated rings. The fraction of sp³-hybridized carbons (Fsp3) is 0.529. The Balaban J connectivity index is 2.80. The maximum absolute atomic E-state index is 12.1. The summed E-state index contributed by atoms with van der Waals surface area (Å²) < 4.78 is 16.0. The van der Waals surface area contributed by atoms with Crippen LogP contribution in [0, 0.1) is 5.92 Å². The monoisotopic (exact) mass is 323 g/mol. The number of hydrogen-bond acceptors (Lipinski definition) is 5. The molecule has 0 aromatic heterocycles. The predicted molar refractivity (Wildman–Crippen MR) is 86.9 cm³/mol. The molecule has 6 nitrogen and oxygen atoms in total. The van der Waals surface area contributed by atoms with Gasteiger partial charge in [-0.3, -0.25) is 4.79 Å². The smallest absolute Gasteiger partial charge is 0.339 e. The van der Waals surface area contributed by atoms with Gasteiger partial charge in [0, 0.05) is 6.54 Å². The van der Waals surface area contributed by atoms with Crippen molar-refractivity contribution >= 4 is 11.9 Å². The second-order valence-electron chi connectivity index (χ2n) is 5.51. The Bertz CT molecular complexity index is 542. The van der Waals surface area contributed by atoms with Gasteiger partial charge in [0.05, 0.1) is 19.3 Å². The molecule has 0 saturated carbocycles. The summed E-state index contributed by atoms with van der Waals surface area (Å²) in [6.45, 7) is 8.44. The zero-order valence-electron chi connectivity index (χ0n) is 14.3. The third-order valence-corrected chi connectivity index (χ3v) is 2.98. The first-order valence-corrected chi connectivity index (χ1v) is 7.68. The SMILES string of the molecule is CCNC(=O)[C@@H](C)OC(=O)c1ccc(OCC(C)C)c(OC)c1. The predicted octanol–water partition coefficient (Wildman–Crippen LogP) is 2.41. The third-order valence-electron chi connectivity index (χ3n) is 2.98. The van der Waals surface area contributed by atoms with Crippen LogP contribution in [0.3, 0.4) is 0 Å². The van der Waals surface area contributed by atoms with Crippen molar-refractivity contribution in [1.29, 1.82) is 0 Å². The molecule has 1 N–H and O–H groups in total. The number of esters is 1. The topological polar surface area (TPSA) is 73.9 Å². The molecule has 1 rings (SSSR count). The van der Waals surface area contributed by atoms with Gasteiger partial charge in [-0.15, -0.1) is 0 Å². The molecule has 0 aliphatic carbocycles. The Morgan fingerprint density at radius 3 is 2.43 bits per heavy atom. The second kappa shape index (κ2) is 9.02. The molecule has 1 aromatic rings. The largest absolute Gasteiger partial charge is 0.493 e. The molecule has 0 aliphatic heterocycles. The summed E-state index contributed by atoms with van der Waals surface area (Å²) in [4.78, 5) is 23.7. The molecule has 0 heterocycles. The second-order valence-corrected chi connectivity index (χ2v) is 5.51. The molecule has 0 saturated heterocycles. The number of hydrogen-bond donors (Lipinski definition) is 1. The molecule has 23 heavy (non-hydrogen) atoms. The van der Waals surface area contributed by atoms with Crippen molar-refractivity contribution in [2.24, 2.45) is 5.92 Å². The van der Waals surface area contributed by atoms with Crippen molar-refractivity contribution in [1.82, 2.24) is 5.32 Å². The standard InChI is InChI=1S/C17H25NO5/c1-6-18-16(19)12(4)23-17(20)13-7-8-14(15(9-13)21-5)22-10-11(2)3/h7-9,11-12H,6,10H2,1-5H3,(H,18,19)/t12-/m1/s1. The minimum absolute atomic E-state index is 0.301. The van der Waals surface area contributed by atoms with Gasteiger partial charge in [-0.1, -0.05) is 13.8 Å². The average molecular weight is 323 g/mol. The lowest BCUT2D eigenvalue weighted by Crippen LogP contribution is -2.35. The van der Waals surface area contributed by atoms with Gasteiger partial charge in [-0.05, 0) is 38.0 Å². The van der Waals surface area contributed by atoms with E-state index in [2.05, 4.69) is 5.32 Å². The number of likely N-dealkylation sites (N-methyl/N-ethyl adjacent to an activating group) is 1. The normalized spacial score (nSPS) is 11.7. The number of methoxy groups -OCH3 is 1. The van der Waals surface area contributed by atoms with Crippen molar-refractivity contribution in [3.8, 4) is 11.5 Å². The number of carbonyl (C=O) groups is 2. The van der Waals surface area contributed by atoms with Crippen molar-refractivity contribution in [2.45, 2.75) is 33.8 Å². The molecule has 128 valence electrons. The van der Waals surface area contributed by atoms with E-state index in [-0.39, 0.29) is 5.91 Å². The van der Waals surface area contributed by atoms with Gasteiger partial charge in [-0.25, -0.2) is 4.79 Å². The van der Waals surface area contributed by atoms with Crippen LogP contribution in [-0.2, 0) is 9.53 Å². The lowest BCUT2D eigenvalue weighted by atomic mass is 10.2. The van der Waals surface area contributed by atoms with E-state index in [0.717, 1.165) is 0 Å². The molecule has 0 radical (unpaired) electrons. The van der Waals surface area contributed by atoms with Crippen molar-refractivity contribution in [3.63, 3.8) is 0 Å². The van der Waals surface area contributed by atoms with E-state index in [0.29, 0.717) is 36.1 Å². The van der Waals surface area contributed by atoms with Crippen LogP contribution in [0.5, 0.6) is 11.5 Å². The Kier molecular flexibility index (Phi) is 7.38. The van der Waals surface area contributed by atoms with Gasteiger partial charge in [0.1, 0.15) is 0 Å². The van der Waals surface area contributed by atoms with E-state index in [1.165, 1.54) is 14.0 Å². The lowest BCUT2D eigenvalue weighted by Gasteiger charge is -2.15. The maximum Gasteiger partial charge on any atom is 0.339 e. The maximum atomic E-state index is 12.1. The summed E-state index contributed by atoms with van der Waals surface area (Å²) in [5.74, 6) is 0.477. The van der Waals surface area contributed by atoms with Crippen LogP contribution in [0.1, 0.15) is 38.1 Å². The molecule has 0 bridgehead atoms. The molecule has 0 spiro atoms. The number of benzene rings is 1. The highest BCUT2D eigenvalue weighted by molar-refractivity contribution is 5.92. The van der Waals surface area contributed by atoms with Crippen LogP contribution in [0.2, 0.25) is 0 Å². The molecule has 0 aliphatic rings. The molecule has 6 heteroatoms. The highest BCUT2D eigenvalue weighted by Crippen LogP contribution is 2.28. The molecule has 1 atom stereocenters. The van der Waals surface area contributed by atoms with Crippen LogP contribution in [0.4, 0.5) is 0 Å².